The van der Waals surface area contributed by atoms with Crippen LogP contribution in [0.4, 0.5) is 10.5 Å². The van der Waals surface area contributed by atoms with Gasteiger partial charge >= 0.3 is 6.09 Å². The molecule has 0 bridgehead atoms. The van der Waals surface area contributed by atoms with E-state index in [1.807, 2.05) is 30.3 Å². The Morgan fingerprint density at radius 2 is 1.85 bits per heavy atom. The van der Waals surface area contributed by atoms with Gasteiger partial charge in [-0.1, -0.05) is 24.6 Å². The maximum absolute atomic E-state index is 12.1. The normalized spacial score (nSPS) is 28.5. The summed E-state index contributed by atoms with van der Waals surface area (Å²) in [4.78, 5) is 12.1. The largest absolute Gasteiger partial charge is 0.436 e. The molecular weight excluding hydrogens is 256 g/mol. The van der Waals surface area contributed by atoms with Crippen molar-refractivity contribution in [2.24, 2.45) is 0 Å². The summed E-state index contributed by atoms with van der Waals surface area (Å²) < 4.78 is 5.56. The van der Waals surface area contributed by atoms with Gasteiger partial charge in [0.2, 0.25) is 0 Å². The first-order valence-corrected chi connectivity index (χ1v) is 7.12. The lowest BCUT2D eigenvalue weighted by molar-refractivity contribution is -0.154. The Morgan fingerprint density at radius 1 is 1.20 bits per heavy atom. The van der Waals surface area contributed by atoms with Crippen LogP contribution in [-0.2, 0) is 4.74 Å². The Hall–Kier alpha value is -1.75. The Kier molecular flexibility index (Phi) is 3.09. The van der Waals surface area contributed by atoms with Crippen LogP contribution in [0, 0.1) is 0 Å². The minimum atomic E-state index is -1.35. The highest BCUT2D eigenvalue weighted by atomic mass is 16.6. The van der Waals surface area contributed by atoms with Crippen molar-refractivity contribution in [2.45, 2.75) is 50.4 Å². The maximum Gasteiger partial charge on any atom is 0.432 e. The van der Waals surface area contributed by atoms with Gasteiger partial charge in [-0.05, 0) is 44.7 Å². The van der Waals surface area contributed by atoms with Crippen LogP contribution in [0.25, 0.3) is 0 Å². The van der Waals surface area contributed by atoms with Crippen molar-refractivity contribution in [3.63, 3.8) is 0 Å². The molecule has 1 aromatic rings. The molecule has 1 aliphatic carbocycles. The Bertz CT molecular complexity index is 495. The molecule has 108 valence electrons. The number of para-hydroxylation sites is 1. The third-order valence-corrected chi connectivity index (χ3v) is 4.44. The molecule has 20 heavy (non-hydrogen) atoms. The van der Waals surface area contributed by atoms with Gasteiger partial charge in [0, 0.05) is 0 Å². The summed E-state index contributed by atoms with van der Waals surface area (Å²) in [5, 5.41) is 12.1. The summed E-state index contributed by atoms with van der Waals surface area (Å²) in [6.07, 6.45) is 3.98. The molecule has 2 fully saturated rings. The van der Waals surface area contributed by atoms with Crippen molar-refractivity contribution < 1.29 is 14.6 Å². The summed E-state index contributed by atoms with van der Waals surface area (Å²) in [7, 11) is 0. The number of carbonyl (C=O) groups excluding carboxylic acids is 1. The second kappa shape index (κ2) is 4.66. The Labute approximate surface area is 118 Å². The number of hydrogen-bond donors (Lipinski definition) is 2. The number of hydrogen-bond acceptors (Lipinski definition) is 4. The number of aliphatic hydroxyl groups is 1. The van der Waals surface area contributed by atoms with E-state index in [0.29, 0.717) is 12.8 Å². The molecule has 1 unspecified atom stereocenters. The van der Waals surface area contributed by atoms with Crippen molar-refractivity contribution in [1.82, 2.24) is 5.01 Å². The summed E-state index contributed by atoms with van der Waals surface area (Å²) in [5.41, 5.74) is 1.57. The van der Waals surface area contributed by atoms with E-state index in [9.17, 15) is 9.90 Å². The number of amides is 1. The van der Waals surface area contributed by atoms with Gasteiger partial charge in [-0.15, -0.1) is 0 Å². The predicted molar refractivity (Wildman–Crippen MR) is 74.8 cm³/mol. The van der Waals surface area contributed by atoms with Crippen LogP contribution in [0.2, 0.25) is 0 Å². The van der Waals surface area contributed by atoms with Crippen LogP contribution in [0.15, 0.2) is 30.3 Å². The molecule has 0 aromatic heterocycles. The smallest absolute Gasteiger partial charge is 0.432 e. The fraction of sp³-hybridized carbons (Fsp3) is 0.533. The molecule has 1 spiro atoms. The number of anilines is 1. The lowest BCUT2D eigenvalue weighted by Crippen LogP contribution is -2.58. The van der Waals surface area contributed by atoms with E-state index in [-0.39, 0.29) is 0 Å². The van der Waals surface area contributed by atoms with E-state index < -0.39 is 17.4 Å². The average Bonchev–Trinajstić information content (AvgIpc) is 2.62. The number of rotatable bonds is 2. The van der Waals surface area contributed by atoms with Gasteiger partial charge < -0.3 is 9.84 Å². The van der Waals surface area contributed by atoms with Crippen LogP contribution in [0.5, 0.6) is 0 Å². The molecule has 2 N–H and O–H groups in total. The number of carbonyl (C=O) groups is 1. The zero-order valence-electron chi connectivity index (χ0n) is 11.6. The topological polar surface area (TPSA) is 61.8 Å². The lowest BCUT2D eigenvalue weighted by atomic mass is 9.78. The van der Waals surface area contributed by atoms with Crippen molar-refractivity contribution in [3.05, 3.63) is 30.3 Å². The highest BCUT2D eigenvalue weighted by Gasteiger charge is 2.62. The SMILES string of the molecule is CC1(O)N(Nc2ccccc2)C(=O)OC12CCCCC2. The van der Waals surface area contributed by atoms with Crippen LogP contribution in [0.3, 0.4) is 0 Å². The molecule has 0 radical (unpaired) electrons. The number of ether oxygens (including phenoxy) is 1. The van der Waals surface area contributed by atoms with Gasteiger partial charge in [-0.2, -0.15) is 5.01 Å². The summed E-state index contributed by atoms with van der Waals surface area (Å²) >= 11 is 0. The van der Waals surface area contributed by atoms with Crippen molar-refractivity contribution >= 4 is 11.8 Å². The lowest BCUT2D eigenvalue weighted by Gasteiger charge is -2.41. The first kappa shape index (κ1) is 13.2. The fourth-order valence-corrected chi connectivity index (χ4v) is 3.19. The molecule has 3 rings (SSSR count). The average molecular weight is 276 g/mol. The van der Waals surface area contributed by atoms with Crippen LogP contribution in [-0.4, -0.2) is 27.5 Å². The molecule has 1 atom stereocenters. The van der Waals surface area contributed by atoms with E-state index in [4.69, 9.17) is 4.74 Å². The third kappa shape index (κ3) is 1.93. The van der Waals surface area contributed by atoms with E-state index in [1.54, 1.807) is 6.92 Å². The van der Waals surface area contributed by atoms with E-state index in [1.165, 1.54) is 5.01 Å². The minimum Gasteiger partial charge on any atom is -0.436 e. The van der Waals surface area contributed by atoms with Gasteiger partial charge in [0.15, 0.2) is 11.3 Å². The maximum atomic E-state index is 12.1. The van der Waals surface area contributed by atoms with Gasteiger partial charge in [0.1, 0.15) is 0 Å². The molecule has 5 nitrogen and oxygen atoms in total. The quantitative estimate of drug-likeness (QED) is 0.872. The van der Waals surface area contributed by atoms with Gasteiger partial charge in [0.05, 0.1) is 5.69 Å². The standard InChI is InChI=1S/C15H20N2O3/c1-14(19)15(10-6-3-7-11-15)20-13(18)17(14)16-12-8-4-2-5-9-12/h2,4-5,8-9,16,19H,3,6-7,10-11H2,1H3. The highest BCUT2D eigenvalue weighted by molar-refractivity contribution is 5.74. The zero-order chi connectivity index (χ0) is 14.2. The van der Waals surface area contributed by atoms with E-state index >= 15 is 0 Å². The fourth-order valence-electron chi connectivity index (χ4n) is 3.19. The van der Waals surface area contributed by atoms with E-state index in [0.717, 1.165) is 24.9 Å². The first-order chi connectivity index (χ1) is 9.55. The van der Waals surface area contributed by atoms with Crippen molar-refractivity contribution in [1.29, 1.82) is 0 Å². The highest BCUT2D eigenvalue weighted by Crippen LogP contribution is 2.46. The Balaban J connectivity index is 1.86. The summed E-state index contributed by atoms with van der Waals surface area (Å²) in [6, 6.07) is 9.32. The second-order valence-corrected chi connectivity index (χ2v) is 5.76. The summed E-state index contributed by atoms with van der Waals surface area (Å²) in [6.45, 7) is 1.65. The molecular formula is C15H20N2O3. The molecule has 1 saturated carbocycles. The number of nitrogens with zero attached hydrogens (tertiary/aromatic N) is 1. The van der Waals surface area contributed by atoms with Crippen LogP contribution >= 0.6 is 0 Å². The predicted octanol–water partition coefficient (Wildman–Crippen LogP) is 2.88. The number of hydrazine groups is 1. The van der Waals surface area contributed by atoms with Gasteiger partial charge in [-0.3, -0.25) is 5.43 Å². The van der Waals surface area contributed by atoms with Gasteiger partial charge in [0.25, 0.3) is 0 Å². The summed E-state index contributed by atoms with van der Waals surface area (Å²) in [5.74, 6) is 0. The number of benzene rings is 1. The number of nitrogens with one attached hydrogen (secondary N) is 1. The zero-order valence-corrected chi connectivity index (χ0v) is 11.6. The molecule has 1 aliphatic heterocycles. The van der Waals surface area contributed by atoms with E-state index in [2.05, 4.69) is 5.43 Å². The van der Waals surface area contributed by atoms with Crippen molar-refractivity contribution in [3.8, 4) is 0 Å². The Morgan fingerprint density at radius 3 is 2.50 bits per heavy atom. The molecule has 1 saturated heterocycles. The molecule has 2 aliphatic rings. The third-order valence-electron chi connectivity index (χ3n) is 4.44. The van der Waals surface area contributed by atoms with Crippen molar-refractivity contribution in [2.75, 3.05) is 5.43 Å². The van der Waals surface area contributed by atoms with Crippen LogP contribution < -0.4 is 5.43 Å². The van der Waals surface area contributed by atoms with Crippen LogP contribution in [0.1, 0.15) is 39.0 Å². The molecule has 5 heteroatoms. The van der Waals surface area contributed by atoms with Gasteiger partial charge in [-0.25, -0.2) is 4.79 Å². The minimum absolute atomic E-state index is 0.513. The molecule has 1 aromatic carbocycles. The molecule has 1 heterocycles. The second-order valence-electron chi connectivity index (χ2n) is 5.76. The molecule has 1 amide bonds. The first-order valence-electron chi connectivity index (χ1n) is 7.12. The monoisotopic (exact) mass is 276 g/mol.